The first-order chi connectivity index (χ1) is 16.4. The number of carbonyl (C=O) groups excluding carboxylic acids is 1. The zero-order valence-corrected chi connectivity index (χ0v) is 24.0. The summed E-state index contributed by atoms with van der Waals surface area (Å²) in [5.41, 5.74) is 2.48. The van der Waals surface area contributed by atoms with E-state index in [4.69, 9.17) is 26.1 Å². The SMILES string of the molecule is CC(C)(C)OC(=O)N[C@H]1CCCCCCc2ccccc2-c2nc1n(COCC[Si](C)(C)C)c2Cl. The van der Waals surface area contributed by atoms with Crippen LogP contribution in [0.1, 0.15) is 70.3 Å². The first-order valence-electron chi connectivity index (χ1n) is 12.9. The molecule has 2 aromatic rings. The quantitative estimate of drug-likeness (QED) is 0.315. The van der Waals surface area contributed by atoms with Gasteiger partial charge < -0.3 is 14.8 Å². The van der Waals surface area contributed by atoms with Crippen molar-refractivity contribution < 1.29 is 14.3 Å². The minimum absolute atomic E-state index is 0.306. The van der Waals surface area contributed by atoms with Gasteiger partial charge in [0.25, 0.3) is 0 Å². The number of benzene rings is 1. The van der Waals surface area contributed by atoms with Crippen molar-refractivity contribution in [2.75, 3.05) is 6.61 Å². The van der Waals surface area contributed by atoms with Crippen LogP contribution in [-0.4, -0.2) is 35.9 Å². The molecule has 194 valence electrons. The van der Waals surface area contributed by atoms with Crippen molar-refractivity contribution in [1.29, 1.82) is 0 Å². The van der Waals surface area contributed by atoms with Gasteiger partial charge in [-0.25, -0.2) is 9.78 Å². The molecule has 1 aromatic heterocycles. The van der Waals surface area contributed by atoms with Crippen LogP contribution in [0.4, 0.5) is 4.79 Å². The van der Waals surface area contributed by atoms with Crippen LogP contribution in [0.15, 0.2) is 24.3 Å². The van der Waals surface area contributed by atoms with Gasteiger partial charge in [0.15, 0.2) is 0 Å². The van der Waals surface area contributed by atoms with Crippen molar-refractivity contribution in [2.24, 2.45) is 0 Å². The van der Waals surface area contributed by atoms with Crippen LogP contribution in [0.25, 0.3) is 11.3 Å². The molecule has 1 amide bonds. The van der Waals surface area contributed by atoms with Crippen LogP contribution in [0.5, 0.6) is 0 Å². The van der Waals surface area contributed by atoms with E-state index in [0.29, 0.717) is 18.5 Å². The summed E-state index contributed by atoms with van der Waals surface area (Å²) in [6, 6.07) is 9.11. The second kappa shape index (κ2) is 11.9. The molecular formula is C27H42ClN3O3Si. The Labute approximate surface area is 216 Å². The summed E-state index contributed by atoms with van der Waals surface area (Å²) in [4.78, 5) is 17.8. The molecule has 35 heavy (non-hydrogen) atoms. The lowest BCUT2D eigenvalue weighted by atomic mass is 9.98. The van der Waals surface area contributed by atoms with Crippen LogP contribution in [0.2, 0.25) is 30.8 Å². The fourth-order valence-corrected chi connectivity index (χ4v) is 5.28. The first kappa shape index (κ1) is 27.7. The second-order valence-electron chi connectivity index (χ2n) is 11.7. The molecule has 1 aromatic carbocycles. The third-order valence-electron chi connectivity index (χ3n) is 6.12. The van der Waals surface area contributed by atoms with E-state index < -0.39 is 19.8 Å². The van der Waals surface area contributed by atoms with Gasteiger partial charge in [-0.1, -0.05) is 74.8 Å². The Bertz CT molecular complexity index is 995. The molecule has 2 heterocycles. The number of imidazole rings is 1. The number of rotatable bonds is 6. The summed E-state index contributed by atoms with van der Waals surface area (Å²) >= 11 is 6.99. The van der Waals surface area contributed by atoms with Gasteiger partial charge in [0, 0.05) is 20.2 Å². The largest absolute Gasteiger partial charge is 0.444 e. The summed E-state index contributed by atoms with van der Waals surface area (Å²) in [6.07, 6.45) is 5.68. The van der Waals surface area contributed by atoms with E-state index in [-0.39, 0.29) is 6.04 Å². The average molecular weight is 520 g/mol. The monoisotopic (exact) mass is 519 g/mol. The highest BCUT2D eigenvalue weighted by Crippen LogP contribution is 2.35. The van der Waals surface area contributed by atoms with Crippen molar-refractivity contribution in [1.82, 2.24) is 14.9 Å². The van der Waals surface area contributed by atoms with Crippen molar-refractivity contribution in [3.05, 3.63) is 40.8 Å². The highest BCUT2D eigenvalue weighted by Gasteiger charge is 2.28. The molecule has 2 bridgehead atoms. The lowest BCUT2D eigenvalue weighted by Crippen LogP contribution is -2.36. The number of ether oxygens (including phenoxy) is 2. The maximum Gasteiger partial charge on any atom is 0.408 e. The third-order valence-corrected chi connectivity index (χ3v) is 8.20. The van der Waals surface area contributed by atoms with E-state index in [9.17, 15) is 4.79 Å². The van der Waals surface area contributed by atoms with E-state index in [1.807, 2.05) is 31.4 Å². The summed E-state index contributed by atoms with van der Waals surface area (Å²) in [5, 5.41) is 3.63. The minimum Gasteiger partial charge on any atom is -0.444 e. The molecule has 8 heteroatoms. The van der Waals surface area contributed by atoms with Crippen LogP contribution in [0, 0.1) is 0 Å². The van der Waals surface area contributed by atoms with Gasteiger partial charge >= 0.3 is 6.09 Å². The Morgan fingerprint density at radius 3 is 2.60 bits per heavy atom. The van der Waals surface area contributed by atoms with Crippen molar-refractivity contribution >= 4 is 25.8 Å². The second-order valence-corrected chi connectivity index (χ2v) is 17.7. The van der Waals surface area contributed by atoms with Gasteiger partial charge in [-0.05, 0) is 51.6 Å². The topological polar surface area (TPSA) is 65.4 Å². The third kappa shape index (κ3) is 8.36. The molecule has 0 spiro atoms. The van der Waals surface area contributed by atoms with Crippen molar-refractivity contribution in [3.8, 4) is 11.3 Å². The molecule has 0 aliphatic carbocycles. The molecule has 0 fully saturated rings. The van der Waals surface area contributed by atoms with E-state index in [1.54, 1.807) is 0 Å². The lowest BCUT2D eigenvalue weighted by molar-refractivity contribution is 0.0487. The Morgan fingerprint density at radius 2 is 1.89 bits per heavy atom. The van der Waals surface area contributed by atoms with E-state index in [0.717, 1.165) is 61.7 Å². The highest BCUT2D eigenvalue weighted by atomic mass is 35.5. The van der Waals surface area contributed by atoms with Crippen LogP contribution >= 0.6 is 11.6 Å². The maximum atomic E-state index is 12.8. The van der Waals surface area contributed by atoms with Gasteiger partial charge in [-0.15, -0.1) is 0 Å². The van der Waals surface area contributed by atoms with Crippen molar-refractivity contribution in [3.63, 3.8) is 0 Å². The number of alkyl carbamates (subject to hydrolysis) is 1. The molecule has 0 unspecified atom stereocenters. The molecule has 0 saturated heterocycles. The highest BCUT2D eigenvalue weighted by molar-refractivity contribution is 6.76. The summed E-state index contributed by atoms with van der Waals surface area (Å²) in [5.74, 6) is 0.722. The summed E-state index contributed by atoms with van der Waals surface area (Å²) < 4.78 is 13.6. The molecule has 1 N–H and O–H groups in total. The number of aryl methyl sites for hydroxylation is 1. The van der Waals surface area contributed by atoms with Gasteiger partial charge in [0.2, 0.25) is 0 Å². The molecule has 1 aliphatic rings. The fourth-order valence-electron chi connectivity index (χ4n) is 4.25. The smallest absolute Gasteiger partial charge is 0.408 e. The van der Waals surface area contributed by atoms with Crippen LogP contribution in [0.3, 0.4) is 0 Å². The van der Waals surface area contributed by atoms with Crippen LogP contribution < -0.4 is 5.32 Å². The summed E-state index contributed by atoms with van der Waals surface area (Å²) in [7, 11) is -1.22. The molecular weight excluding hydrogens is 478 g/mol. The molecule has 0 radical (unpaired) electrons. The number of nitrogens with zero attached hydrogens (tertiary/aromatic N) is 2. The minimum atomic E-state index is -1.22. The Kier molecular flexibility index (Phi) is 9.46. The first-order valence-corrected chi connectivity index (χ1v) is 16.9. The normalized spacial score (nSPS) is 17.2. The molecule has 6 nitrogen and oxygen atoms in total. The molecule has 1 atom stereocenters. The lowest BCUT2D eigenvalue weighted by Gasteiger charge is -2.24. The van der Waals surface area contributed by atoms with Gasteiger partial charge in [-0.2, -0.15) is 0 Å². The molecule has 0 saturated carbocycles. The van der Waals surface area contributed by atoms with Gasteiger partial charge in [0.05, 0.1) is 6.04 Å². The number of aromatic nitrogens is 2. The zero-order valence-electron chi connectivity index (χ0n) is 22.2. The number of amides is 1. The fraction of sp³-hybridized carbons (Fsp3) is 0.630. The van der Waals surface area contributed by atoms with Crippen LogP contribution in [-0.2, 0) is 22.6 Å². The number of halogens is 1. The van der Waals surface area contributed by atoms with E-state index in [2.05, 4.69) is 43.2 Å². The predicted molar refractivity (Wildman–Crippen MR) is 146 cm³/mol. The van der Waals surface area contributed by atoms with Crippen molar-refractivity contribution in [2.45, 2.75) is 103 Å². The number of carbonyl (C=O) groups is 1. The Morgan fingerprint density at radius 1 is 1.17 bits per heavy atom. The maximum absolute atomic E-state index is 12.8. The Balaban J connectivity index is 1.99. The zero-order chi connectivity index (χ0) is 25.6. The molecule has 1 aliphatic heterocycles. The number of nitrogens with one attached hydrogen (secondary N) is 1. The van der Waals surface area contributed by atoms with Gasteiger partial charge in [0.1, 0.15) is 29.0 Å². The average Bonchev–Trinajstić information content (AvgIpc) is 3.06. The van der Waals surface area contributed by atoms with E-state index in [1.165, 1.54) is 5.56 Å². The summed E-state index contributed by atoms with van der Waals surface area (Å²) in [6.45, 7) is 13.6. The van der Waals surface area contributed by atoms with E-state index >= 15 is 0 Å². The number of fused-ring (bicyclic) bond motifs is 4. The number of hydrogen-bond acceptors (Lipinski definition) is 4. The standard InChI is InChI=1S/C27H42ClN3O3Si/c1-27(2,3)34-26(32)29-22-16-10-8-7-9-13-20-14-11-12-15-21(20)23-24(28)31(25(22)30-23)19-33-17-18-35(4,5)6/h11-12,14-15,22H,7-10,13,16-19H2,1-6H3,(H,29,32)/t22-/m0/s1. The predicted octanol–water partition coefficient (Wildman–Crippen LogP) is 7.59. The molecule has 3 rings (SSSR count). The number of hydrogen-bond donors (Lipinski definition) is 1. The Hall–Kier alpha value is -1.83. The van der Waals surface area contributed by atoms with Gasteiger partial charge in [-0.3, -0.25) is 4.57 Å².